The van der Waals surface area contributed by atoms with E-state index in [1.54, 1.807) is 6.07 Å². The zero-order valence-electron chi connectivity index (χ0n) is 10.7. The molecule has 0 aliphatic heterocycles. The lowest BCUT2D eigenvalue weighted by Gasteiger charge is -2.12. The van der Waals surface area contributed by atoms with Crippen LogP contribution in [0.2, 0.25) is 0 Å². The summed E-state index contributed by atoms with van der Waals surface area (Å²) in [5.74, 6) is -0.421. The van der Waals surface area contributed by atoms with E-state index in [1.165, 1.54) is 19.2 Å². The summed E-state index contributed by atoms with van der Waals surface area (Å²) < 4.78 is 18.1. The quantitative estimate of drug-likeness (QED) is 0.818. The highest BCUT2D eigenvalue weighted by molar-refractivity contribution is 5.94. The van der Waals surface area contributed by atoms with Gasteiger partial charge in [0.05, 0.1) is 13.2 Å². The molecule has 1 amide bonds. The highest BCUT2D eigenvalue weighted by Crippen LogP contribution is 2.20. The molecule has 0 heterocycles. The number of anilines is 1. The van der Waals surface area contributed by atoms with Gasteiger partial charge in [0, 0.05) is 17.8 Å². The average Bonchev–Trinajstić information content (AvgIpc) is 2.34. The Bertz CT molecular complexity index is 410. The van der Waals surface area contributed by atoms with Gasteiger partial charge in [0.25, 0.3) is 0 Å². The Morgan fingerprint density at radius 1 is 1.50 bits per heavy atom. The van der Waals surface area contributed by atoms with E-state index in [9.17, 15) is 9.18 Å². The Labute approximate surface area is 106 Å². The fraction of sp³-hybridized carbons (Fsp3) is 0.462. The number of rotatable bonds is 6. The lowest BCUT2D eigenvalue weighted by molar-refractivity contribution is -0.117. The molecule has 0 aliphatic rings. The van der Waals surface area contributed by atoms with Crippen molar-refractivity contribution in [2.24, 2.45) is 5.73 Å². The predicted molar refractivity (Wildman–Crippen MR) is 69.1 cm³/mol. The number of unbranched alkanes of at least 4 members (excludes halogenated alkanes) is 1. The Morgan fingerprint density at radius 2 is 2.22 bits per heavy atom. The minimum atomic E-state index is -0.570. The summed E-state index contributed by atoms with van der Waals surface area (Å²) in [7, 11) is 1.44. The van der Waals surface area contributed by atoms with Crippen molar-refractivity contribution < 1.29 is 13.9 Å². The second kappa shape index (κ2) is 6.96. The van der Waals surface area contributed by atoms with Crippen LogP contribution in [0.25, 0.3) is 0 Å². The molecule has 1 aromatic rings. The third-order valence-electron chi connectivity index (χ3n) is 2.58. The average molecular weight is 254 g/mol. The van der Waals surface area contributed by atoms with Crippen molar-refractivity contribution in [2.45, 2.75) is 32.2 Å². The molecule has 0 spiro atoms. The molecule has 0 saturated carbocycles. The van der Waals surface area contributed by atoms with Gasteiger partial charge in [-0.05, 0) is 12.5 Å². The maximum Gasteiger partial charge on any atom is 0.241 e. The maximum atomic E-state index is 13.2. The van der Waals surface area contributed by atoms with E-state index in [1.807, 2.05) is 6.92 Å². The van der Waals surface area contributed by atoms with Crippen molar-refractivity contribution in [1.82, 2.24) is 0 Å². The smallest absolute Gasteiger partial charge is 0.241 e. The topological polar surface area (TPSA) is 64.4 Å². The standard InChI is InChI=1S/C13H19FN2O2/c1-3-4-5-12(15)13(17)16-10-6-9(14)7-11(8-10)18-2/h6-8,12H,3-5,15H2,1-2H3,(H,16,17). The van der Waals surface area contributed by atoms with Crippen LogP contribution < -0.4 is 15.8 Å². The van der Waals surface area contributed by atoms with Crippen molar-refractivity contribution in [3.8, 4) is 5.75 Å². The number of nitrogens with two attached hydrogens (primary N) is 1. The number of amides is 1. The Kier molecular flexibility index (Phi) is 5.58. The number of benzene rings is 1. The van der Waals surface area contributed by atoms with Crippen molar-refractivity contribution in [2.75, 3.05) is 12.4 Å². The second-order valence-corrected chi connectivity index (χ2v) is 4.12. The van der Waals surface area contributed by atoms with E-state index >= 15 is 0 Å². The SMILES string of the molecule is CCCCC(N)C(=O)Nc1cc(F)cc(OC)c1. The van der Waals surface area contributed by atoms with Gasteiger partial charge < -0.3 is 15.8 Å². The summed E-state index contributed by atoms with van der Waals surface area (Å²) in [5, 5.41) is 2.58. The molecule has 100 valence electrons. The molecule has 0 fully saturated rings. The molecule has 0 aliphatic carbocycles. The number of hydrogen-bond donors (Lipinski definition) is 2. The molecule has 1 rings (SSSR count). The largest absolute Gasteiger partial charge is 0.497 e. The molecule has 0 aromatic heterocycles. The first kappa shape index (κ1) is 14.4. The summed E-state index contributed by atoms with van der Waals surface area (Å²) in [4.78, 5) is 11.7. The first-order valence-electron chi connectivity index (χ1n) is 5.97. The van der Waals surface area contributed by atoms with E-state index in [0.29, 0.717) is 17.9 Å². The molecule has 5 heteroatoms. The van der Waals surface area contributed by atoms with Gasteiger partial charge in [0.15, 0.2) is 0 Å². The van der Waals surface area contributed by atoms with Crippen molar-refractivity contribution in [3.05, 3.63) is 24.0 Å². The summed E-state index contributed by atoms with van der Waals surface area (Å²) in [6.45, 7) is 2.03. The van der Waals surface area contributed by atoms with Crippen LogP contribution in [0.1, 0.15) is 26.2 Å². The van der Waals surface area contributed by atoms with Gasteiger partial charge in [-0.2, -0.15) is 0 Å². The molecule has 3 N–H and O–H groups in total. The molecule has 1 aromatic carbocycles. The first-order valence-corrected chi connectivity index (χ1v) is 5.97. The molecular formula is C13H19FN2O2. The molecule has 0 bridgehead atoms. The van der Waals surface area contributed by atoms with Crippen LogP contribution >= 0.6 is 0 Å². The predicted octanol–water partition coefficient (Wildman–Crippen LogP) is 2.29. The molecular weight excluding hydrogens is 235 g/mol. The van der Waals surface area contributed by atoms with Gasteiger partial charge in [-0.25, -0.2) is 4.39 Å². The van der Waals surface area contributed by atoms with Crippen LogP contribution in [0.5, 0.6) is 5.75 Å². The highest BCUT2D eigenvalue weighted by atomic mass is 19.1. The number of hydrogen-bond acceptors (Lipinski definition) is 3. The summed E-state index contributed by atoms with van der Waals surface area (Å²) in [5.41, 5.74) is 6.07. The van der Waals surface area contributed by atoms with Crippen molar-refractivity contribution in [3.63, 3.8) is 0 Å². The summed E-state index contributed by atoms with van der Waals surface area (Å²) in [6, 6.07) is 3.45. The maximum absolute atomic E-state index is 13.2. The van der Waals surface area contributed by atoms with Crippen molar-refractivity contribution in [1.29, 1.82) is 0 Å². The van der Waals surface area contributed by atoms with Gasteiger partial charge in [0.1, 0.15) is 11.6 Å². The van der Waals surface area contributed by atoms with Crippen LogP contribution in [0.4, 0.5) is 10.1 Å². The number of halogens is 1. The molecule has 18 heavy (non-hydrogen) atoms. The van der Waals surface area contributed by atoms with Gasteiger partial charge >= 0.3 is 0 Å². The van der Waals surface area contributed by atoms with E-state index < -0.39 is 11.9 Å². The molecule has 1 unspecified atom stereocenters. The lowest BCUT2D eigenvalue weighted by Crippen LogP contribution is -2.35. The Balaban J connectivity index is 2.66. The molecule has 4 nitrogen and oxygen atoms in total. The number of nitrogens with one attached hydrogen (secondary N) is 1. The van der Waals surface area contributed by atoms with Crippen LogP contribution in [0.3, 0.4) is 0 Å². The molecule has 1 atom stereocenters. The minimum absolute atomic E-state index is 0.309. The highest BCUT2D eigenvalue weighted by Gasteiger charge is 2.13. The fourth-order valence-corrected chi connectivity index (χ4v) is 1.54. The summed E-state index contributed by atoms with van der Waals surface area (Å²) >= 11 is 0. The zero-order chi connectivity index (χ0) is 13.5. The van der Waals surface area contributed by atoms with E-state index in [2.05, 4.69) is 5.32 Å². The second-order valence-electron chi connectivity index (χ2n) is 4.12. The van der Waals surface area contributed by atoms with Gasteiger partial charge in [-0.1, -0.05) is 19.8 Å². The van der Waals surface area contributed by atoms with E-state index in [4.69, 9.17) is 10.5 Å². The van der Waals surface area contributed by atoms with Crippen LogP contribution in [0.15, 0.2) is 18.2 Å². The van der Waals surface area contributed by atoms with Crippen molar-refractivity contribution >= 4 is 11.6 Å². The van der Waals surface area contributed by atoms with Gasteiger partial charge in [-0.15, -0.1) is 0 Å². The van der Waals surface area contributed by atoms with E-state index in [0.717, 1.165) is 12.8 Å². The number of carbonyl (C=O) groups is 1. The summed E-state index contributed by atoms with van der Waals surface area (Å²) in [6.07, 6.45) is 2.49. The Morgan fingerprint density at radius 3 is 2.83 bits per heavy atom. The normalized spacial score (nSPS) is 12.0. The minimum Gasteiger partial charge on any atom is -0.497 e. The fourth-order valence-electron chi connectivity index (χ4n) is 1.54. The zero-order valence-corrected chi connectivity index (χ0v) is 10.7. The number of methoxy groups -OCH3 is 1. The first-order chi connectivity index (χ1) is 8.56. The monoisotopic (exact) mass is 254 g/mol. The van der Waals surface area contributed by atoms with Gasteiger partial charge in [0.2, 0.25) is 5.91 Å². The van der Waals surface area contributed by atoms with Crippen LogP contribution in [0, 0.1) is 5.82 Å². The lowest BCUT2D eigenvalue weighted by atomic mass is 10.1. The molecule has 0 saturated heterocycles. The number of ether oxygens (including phenoxy) is 1. The number of carbonyl (C=O) groups excluding carboxylic acids is 1. The van der Waals surface area contributed by atoms with Crippen LogP contribution in [-0.2, 0) is 4.79 Å². The molecule has 0 radical (unpaired) electrons. The van der Waals surface area contributed by atoms with E-state index in [-0.39, 0.29) is 5.91 Å². The van der Waals surface area contributed by atoms with Gasteiger partial charge in [-0.3, -0.25) is 4.79 Å². The van der Waals surface area contributed by atoms with Crippen LogP contribution in [-0.4, -0.2) is 19.1 Å². The third kappa shape index (κ3) is 4.33. The third-order valence-corrected chi connectivity index (χ3v) is 2.58. The Hall–Kier alpha value is -1.62.